The number of nitrogens with zero attached hydrogens (tertiary/aromatic N) is 1. The van der Waals surface area contributed by atoms with Crippen molar-refractivity contribution in [2.75, 3.05) is 6.61 Å². The maximum absolute atomic E-state index is 11.7. The Bertz CT molecular complexity index is 482. The van der Waals surface area contributed by atoms with Crippen molar-refractivity contribution in [2.45, 2.75) is 20.8 Å². The Kier molecular flexibility index (Phi) is 5.44. The molecule has 0 atom stereocenters. The molecule has 1 heterocycles. The number of pyridine rings is 1. The van der Waals surface area contributed by atoms with E-state index in [9.17, 15) is 4.79 Å². The Labute approximate surface area is 116 Å². The largest absolute Gasteiger partial charge is 0.460 e. The lowest BCUT2D eigenvalue weighted by molar-refractivity contribution is -0.141. The van der Waals surface area contributed by atoms with Crippen LogP contribution in [0.15, 0.2) is 23.5 Å². The monoisotopic (exact) mass is 289 g/mol. The standard InChI is InChI=1S/C12H13Cl2NO3/c1-4-17-12(16)10(7(2)3)18-8-5-6-9(13)15-11(8)14/h5-6H,4H2,1-3H3. The van der Waals surface area contributed by atoms with E-state index in [1.165, 1.54) is 6.07 Å². The predicted molar refractivity (Wildman–Crippen MR) is 69.9 cm³/mol. The van der Waals surface area contributed by atoms with Gasteiger partial charge in [0.25, 0.3) is 0 Å². The molecule has 0 fully saturated rings. The fourth-order valence-electron chi connectivity index (χ4n) is 1.13. The molecule has 1 aromatic heterocycles. The smallest absolute Gasteiger partial charge is 0.374 e. The van der Waals surface area contributed by atoms with Gasteiger partial charge in [0.15, 0.2) is 10.9 Å². The Morgan fingerprint density at radius 3 is 2.50 bits per heavy atom. The number of carbonyl (C=O) groups excluding carboxylic acids is 1. The molecule has 18 heavy (non-hydrogen) atoms. The van der Waals surface area contributed by atoms with Gasteiger partial charge in [-0.05, 0) is 38.5 Å². The second kappa shape index (κ2) is 6.61. The highest BCUT2D eigenvalue weighted by Gasteiger charge is 2.17. The Morgan fingerprint density at radius 2 is 2.00 bits per heavy atom. The van der Waals surface area contributed by atoms with Gasteiger partial charge in [-0.2, -0.15) is 0 Å². The van der Waals surface area contributed by atoms with E-state index in [0.29, 0.717) is 5.57 Å². The fourth-order valence-corrected chi connectivity index (χ4v) is 1.51. The van der Waals surface area contributed by atoms with Gasteiger partial charge in [-0.3, -0.25) is 0 Å². The Balaban J connectivity index is 2.99. The number of carbonyl (C=O) groups is 1. The molecule has 0 aromatic carbocycles. The first kappa shape index (κ1) is 14.8. The van der Waals surface area contributed by atoms with Crippen LogP contribution in [0.4, 0.5) is 0 Å². The van der Waals surface area contributed by atoms with Crippen LogP contribution in [0.2, 0.25) is 10.3 Å². The van der Waals surface area contributed by atoms with Crippen molar-refractivity contribution >= 4 is 29.2 Å². The van der Waals surface area contributed by atoms with Gasteiger partial charge in [0.05, 0.1) is 6.61 Å². The average Bonchev–Trinajstić information content (AvgIpc) is 2.27. The summed E-state index contributed by atoms with van der Waals surface area (Å²) in [6.45, 7) is 5.47. The van der Waals surface area contributed by atoms with Gasteiger partial charge in [-0.25, -0.2) is 9.78 Å². The van der Waals surface area contributed by atoms with E-state index >= 15 is 0 Å². The van der Waals surface area contributed by atoms with Gasteiger partial charge in [0.2, 0.25) is 5.76 Å². The summed E-state index contributed by atoms with van der Waals surface area (Å²) >= 11 is 11.5. The minimum Gasteiger partial charge on any atom is -0.460 e. The molecule has 0 amide bonds. The van der Waals surface area contributed by atoms with Crippen molar-refractivity contribution in [3.63, 3.8) is 0 Å². The number of ether oxygens (including phenoxy) is 2. The second-order valence-electron chi connectivity index (χ2n) is 3.57. The molecule has 0 aliphatic rings. The summed E-state index contributed by atoms with van der Waals surface area (Å²) in [6.07, 6.45) is 0. The minimum atomic E-state index is -0.538. The van der Waals surface area contributed by atoms with Gasteiger partial charge >= 0.3 is 5.97 Å². The van der Waals surface area contributed by atoms with E-state index < -0.39 is 5.97 Å². The van der Waals surface area contributed by atoms with Crippen LogP contribution < -0.4 is 4.74 Å². The van der Waals surface area contributed by atoms with Crippen LogP contribution in [-0.4, -0.2) is 17.6 Å². The second-order valence-corrected chi connectivity index (χ2v) is 4.32. The summed E-state index contributed by atoms with van der Waals surface area (Å²) in [7, 11) is 0. The molecule has 98 valence electrons. The summed E-state index contributed by atoms with van der Waals surface area (Å²) < 4.78 is 10.3. The first-order valence-electron chi connectivity index (χ1n) is 5.30. The van der Waals surface area contributed by atoms with E-state index in [2.05, 4.69) is 4.98 Å². The van der Waals surface area contributed by atoms with Crippen molar-refractivity contribution in [2.24, 2.45) is 0 Å². The van der Waals surface area contributed by atoms with Crippen LogP contribution in [-0.2, 0) is 9.53 Å². The highest BCUT2D eigenvalue weighted by atomic mass is 35.5. The van der Waals surface area contributed by atoms with E-state index in [0.717, 1.165) is 0 Å². The molecule has 1 rings (SSSR count). The van der Waals surface area contributed by atoms with E-state index in [1.807, 2.05) is 0 Å². The number of hydrogen-bond acceptors (Lipinski definition) is 4. The van der Waals surface area contributed by atoms with Gasteiger partial charge in [0.1, 0.15) is 5.15 Å². The summed E-state index contributed by atoms with van der Waals surface area (Å²) in [6, 6.07) is 3.07. The molecule has 0 N–H and O–H groups in total. The van der Waals surface area contributed by atoms with Crippen LogP contribution in [0, 0.1) is 0 Å². The third kappa shape index (κ3) is 3.89. The minimum absolute atomic E-state index is 0.0885. The Hall–Kier alpha value is -1.26. The van der Waals surface area contributed by atoms with Crippen molar-refractivity contribution in [1.82, 2.24) is 4.98 Å². The number of allylic oxidation sites excluding steroid dienone is 1. The first-order chi connectivity index (χ1) is 8.45. The quantitative estimate of drug-likeness (QED) is 0.368. The maximum Gasteiger partial charge on any atom is 0.374 e. The molecule has 0 unspecified atom stereocenters. The molecule has 4 nitrogen and oxygen atoms in total. The zero-order valence-corrected chi connectivity index (χ0v) is 11.8. The number of aromatic nitrogens is 1. The third-order valence-electron chi connectivity index (χ3n) is 1.91. The lowest BCUT2D eigenvalue weighted by Gasteiger charge is -2.11. The molecule has 0 saturated carbocycles. The lowest BCUT2D eigenvalue weighted by atomic mass is 10.3. The van der Waals surface area contributed by atoms with Crippen molar-refractivity contribution in [1.29, 1.82) is 0 Å². The predicted octanol–water partition coefficient (Wildman–Crippen LogP) is 3.62. The van der Waals surface area contributed by atoms with Gasteiger partial charge in [0, 0.05) is 0 Å². The molecule has 6 heteroatoms. The topological polar surface area (TPSA) is 48.4 Å². The SMILES string of the molecule is CCOC(=O)C(Oc1ccc(Cl)nc1Cl)=C(C)C. The highest BCUT2D eigenvalue weighted by Crippen LogP contribution is 2.26. The van der Waals surface area contributed by atoms with Crippen LogP contribution in [0.1, 0.15) is 20.8 Å². The fraction of sp³-hybridized carbons (Fsp3) is 0.333. The summed E-state index contributed by atoms with van der Waals surface area (Å²) in [4.78, 5) is 15.5. The normalized spacial score (nSPS) is 9.83. The molecule has 0 aliphatic carbocycles. The zero-order valence-electron chi connectivity index (χ0n) is 10.3. The molecular weight excluding hydrogens is 277 g/mol. The van der Waals surface area contributed by atoms with Crippen LogP contribution in [0.3, 0.4) is 0 Å². The van der Waals surface area contributed by atoms with Crippen molar-refractivity contribution in [3.8, 4) is 5.75 Å². The summed E-state index contributed by atoms with van der Waals surface area (Å²) in [5.74, 6) is -0.184. The maximum atomic E-state index is 11.7. The van der Waals surface area contributed by atoms with Gasteiger partial charge < -0.3 is 9.47 Å². The molecule has 0 bridgehead atoms. The number of hydrogen-bond donors (Lipinski definition) is 0. The molecule has 0 aliphatic heterocycles. The molecule has 0 spiro atoms. The van der Waals surface area contributed by atoms with Crippen molar-refractivity contribution in [3.05, 3.63) is 33.8 Å². The molecule has 0 radical (unpaired) electrons. The van der Waals surface area contributed by atoms with E-state index in [-0.39, 0.29) is 28.4 Å². The average molecular weight is 290 g/mol. The van der Waals surface area contributed by atoms with E-state index in [4.69, 9.17) is 32.7 Å². The van der Waals surface area contributed by atoms with Gasteiger partial charge in [-0.15, -0.1) is 0 Å². The number of rotatable bonds is 4. The van der Waals surface area contributed by atoms with Gasteiger partial charge in [-0.1, -0.05) is 23.2 Å². The molecular formula is C12H13Cl2NO3. The summed E-state index contributed by atoms with van der Waals surface area (Å²) in [5.41, 5.74) is 0.680. The molecule has 1 aromatic rings. The van der Waals surface area contributed by atoms with Crippen LogP contribution in [0.25, 0.3) is 0 Å². The Morgan fingerprint density at radius 1 is 1.33 bits per heavy atom. The zero-order chi connectivity index (χ0) is 13.7. The number of halogens is 2. The first-order valence-corrected chi connectivity index (χ1v) is 6.05. The molecule has 0 saturated heterocycles. The number of esters is 1. The van der Waals surface area contributed by atoms with E-state index in [1.54, 1.807) is 26.8 Å². The lowest BCUT2D eigenvalue weighted by Crippen LogP contribution is -2.14. The summed E-state index contributed by atoms with van der Waals surface area (Å²) in [5, 5.41) is 0.341. The third-order valence-corrected chi connectivity index (χ3v) is 2.39. The highest BCUT2D eigenvalue weighted by molar-refractivity contribution is 6.33. The van der Waals surface area contributed by atoms with Crippen LogP contribution >= 0.6 is 23.2 Å². The van der Waals surface area contributed by atoms with Crippen molar-refractivity contribution < 1.29 is 14.3 Å². The van der Waals surface area contributed by atoms with Crippen LogP contribution in [0.5, 0.6) is 5.75 Å².